The van der Waals surface area contributed by atoms with Gasteiger partial charge in [0.25, 0.3) is 11.8 Å². The summed E-state index contributed by atoms with van der Waals surface area (Å²) in [6.45, 7) is 4.47. The Labute approximate surface area is 385 Å². The summed E-state index contributed by atoms with van der Waals surface area (Å²) >= 11 is 0. The van der Waals surface area contributed by atoms with Crippen molar-refractivity contribution in [1.29, 1.82) is 0 Å². The lowest BCUT2D eigenvalue weighted by atomic mass is 9.78. The minimum atomic E-state index is -2.85. The van der Waals surface area contributed by atoms with Crippen LogP contribution in [0.25, 0.3) is 16.7 Å². The summed E-state index contributed by atoms with van der Waals surface area (Å²) in [5, 5.41) is 13.1. The number of carbonyl (C=O) groups excluding carboxylic acids is 3. The van der Waals surface area contributed by atoms with Crippen molar-refractivity contribution in [3.63, 3.8) is 0 Å². The summed E-state index contributed by atoms with van der Waals surface area (Å²) in [6, 6.07) is 11.9. The van der Waals surface area contributed by atoms with Gasteiger partial charge in [-0.2, -0.15) is 0 Å². The van der Waals surface area contributed by atoms with E-state index < -0.39 is 42.0 Å². The summed E-state index contributed by atoms with van der Waals surface area (Å²) < 4.78 is 50.6. The van der Waals surface area contributed by atoms with E-state index in [-0.39, 0.29) is 30.3 Å². The molecule has 4 atom stereocenters. The molecule has 1 aliphatic carbocycles. The van der Waals surface area contributed by atoms with Gasteiger partial charge in [0.15, 0.2) is 17.2 Å². The SMILES string of the molecule is CNc1cc(N2CCc3c(CN4CCC(N5CCC(C6CCN(c7ccc8c(c7)n(C)c(=O)n8C7CCC(=O)NC7=O)CC6)CC5)C(F)(F)C4)cccc32)nn2c(C(=O)NC3C[C@@H]3F)cnc12. The molecule has 0 spiro atoms. The number of aromatic nitrogens is 5. The molecule has 5 aliphatic heterocycles. The number of nitrogens with zero attached hydrogens (tertiary/aromatic N) is 9. The van der Waals surface area contributed by atoms with E-state index in [9.17, 15) is 23.6 Å². The Hall–Kier alpha value is -5.95. The zero-order chi connectivity index (χ0) is 46.3. The number of amides is 3. The second kappa shape index (κ2) is 17.0. The highest BCUT2D eigenvalue weighted by Crippen LogP contribution is 2.41. The van der Waals surface area contributed by atoms with Gasteiger partial charge in [0.2, 0.25) is 11.8 Å². The highest BCUT2D eigenvalue weighted by molar-refractivity contribution is 6.00. The number of aryl methyl sites for hydroxylation is 1. The minimum absolute atomic E-state index is 0.195. The van der Waals surface area contributed by atoms with Crippen molar-refractivity contribution < 1.29 is 27.6 Å². The lowest BCUT2D eigenvalue weighted by molar-refractivity contribution is -0.136. The van der Waals surface area contributed by atoms with Crippen LogP contribution in [0.1, 0.15) is 79.0 Å². The predicted molar refractivity (Wildman–Crippen MR) is 247 cm³/mol. The molecule has 2 aromatic carbocycles. The second-order valence-corrected chi connectivity index (χ2v) is 19.5. The molecule has 16 nitrogen and oxygen atoms in total. The van der Waals surface area contributed by atoms with E-state index in [1.807, 2.05) is 47.4 Å². The van der Waals surface area contributed by atoms with Crippen LogP contribution in [-0.2, 0) is 29.6 Å². The largest absolute Gasteiger partial charge is 0.385 e. The molecule has 5 fully saturated rings. The highest BCUT2D eigenvalue weighted by atomic mass is 19.3. The first-order chi connectivity index (χ1) is 32.3. The van der Waals surface area contributed by atoms with Gasteiger partial charge in [-0.1, -0.05) is 12.1 Å². The molecule has 8 heterocycles. The van der Waals surface area contributed by atoms with Gasteiger partial charge in [0, 0.05) is 77.1 Å². The molecule has 6 aliphatic rings. The van der Waals surface area contributed by atoms with Crippen LogP contribution < -0.4 is 31.4 Å². The molecule has 3 N–H and O–H groups in total. The van der Waals surface area contributed by atoms with Gasteiger partial charge in [0.05, 0.1) is 41.5 Å². The van der Waals surface area contributed by atoms with Crippen LogP contribution in [0.2, 0.25) is 0 Å². The van der Waals surface area contributed by atoms with Crippen LogP contribution in [0, 0.1) is 11.8 Å². The number of alkyl halides is 3. The van der Waals surface area contributed by atoms with Crippen molar-refractivity contribution in [1.82, 2.24) is 44.2 Å². The van der Waals surface area contributed by atoms with Gasteiger partial charge in [-0.3, -0.25) is 38.6 Å². The lowest BCUT2D eigenvalue weighted by Gasteiger charge is -2.47. The Morgan fingerprint density at radius 3 is 2.39 bits per heavy atom. The van der Waals surface area contributed by atoms with E-state index in [1.54, 1.807) is 18.7 Å². The number of hydrogen-bond donors (Lipinski definition) is 3. The molecule has 67 heavy (non-hydrogen) atoms. The molecule has 0 radical (unpaired) electrons. The van der Waals surface area contributed by atoms with Gasteiger partial charge >= 0.3 is 5.69 Å². The van der Waals surface area contributed by atoms with Crippen molar-refractivity contribution >= 4 is 57.3 Å². The van der Waals surface area contributed by atoms with E-state index >= 15 is 8.78 Å². The van der Waals surface area contributed by atoms with Crippen LogP contribution in [0.4, 0.5) is 36.1 Å². The summed E-state index contributed by atoms with van der Waals surface area (Å²) in [7, 11) is 3.49. The number of nitrogens with one attached hydrogen (secondary N) is 3. The molecule has 1 saturated carbocycles. The van der Waals surface area contributed by atoms with E-state index in [0.717, 1.165) is 73.2 Å². The third kappa shape index (κ3) is 7.90. The molecule has 3 aromatic heterocycles. The first-order valence-corrected chi connectivity index (χ1v) is 23.9. The Bertz CT molecular complexity index is 2830. The number of carbonyl (C=O) groups is 3. The fourth-order valence-electron chi connectivity index (χ4n) is 11.8. The molecule has 3 amide bonds. The summed E-state index contributed by atoms with van der Waals surface area (Å²) in [5.74, 6) is -2.40. The fourth-order valence-corrected chi connectivity index (χ4v) is 11.8. The van der Waals surface area contributed by atoms with Gasteiger partial charge in [-0.15, -0.1) is 5.10 Å². The van der Waals surface area contributed by atoms with Crippen LogP contribution in [-0.4, -0.2) is 128 Å². The Morgan fingerprint density at radius 2 is 1.67 bits per heavy atom. The number of anilines is 4. The third-order valence-corrected chi connectivity index (χ3v) is 15.6. The maximum Gasteiger partial charge on any atom is 0.329 e. The first-order valence-electron chi connectivity index (χ1n) is 23.9. The molecular formula is C48H57F3N12O4. The van der Waals surface area contributed by atoms with Gasteiger partial charge in [0.1, 0.15) is 12.2 Å². The van der Waals surface area contributed by atoms with E-state index in [4.69, 9.17) is 5.10 Å². The predicted octanol–water partition coefficient (Wildman–Crippen LogP) is 4.77. The lowest BCUT2D eigenvalue weighted by Crippen LogP contribution is -2.59. The van der Waals surface area contributed by atoms with Crippen LogP contribution >= 0.6 is 0 Å². The third-order valence-electron chi connectivity index (χ3n) is 15.6. The molecule has 354 valence electrons. The number of fused-ring (bicyclic) bond motifs is 3. The van der Waals surface area contributed by atoms with Crippen molar-refractivity contribution in [2.24, 2.45) is 18.9 Å². The topological polar surface area (TPSA) is 157 Å². The molecular weight excluding hydrogens is 866 g/mol. The number of hydrogen-bond acceptors (Lipinski definition) is 11. The maximum atomic E-state index is 16.2. The number of halogens is 3. The van der Waals surface area contributed by atoms with Crippen molar-refractivity contribution in [2.75, 3.05) is 68.0 Å². The number of imide groups is 1. The molecule has 3 unspecified atom stereocenters. The smallest absolute Gasteiger partial charge is 0.329 e. The number of benzene rings is 2. The normalized spacial score (nSPS) is 25.2. The Kier molecular flexibility index (Phi) is 11.1. The Morgan fingerprint density at radius 1 is 0.910 bits per heavy atom. The van der Waals surface area contributed by atoms with Crippen LogP contribution in [0.15, 0.2) is 53.5 Å². The zero-order valence-electron chi connectivity index (χ0n) is 37.9. The highest BCUT2D eigenvalue weighted by Gasteiger charge is 2.48. The molecule has 4 saturated heterocycles. The van der Waals surface area contributed by atoms with Gasteiger partial charge in [-0.05, 0) is 105 Å². The Balaban J connectivity index is 0.692. The zero-order valence-corrected chi connectivity index (χ0v) is 37.9. The van der Waals surface area contributed by atoms with E-state index in [0.29, 0.717) is 86.5 Å². The minimum Gasteiger partial charge on any atom is -0.385 e. The second-order valence-electron chi connectivity index (χ2n) is 19.5. The van der Waals surface area contributed by atoms with Crippen molar-refractivity contribution in [2.45, 2.75) is 94.6 Å². The number of piperidine rings is 4. The van der Waals surface area contributed by atoms with Crippen molar-refractivity contribution in [3.8, 4) is 0 Å². The van der Waals surface area contributed by atoms with Crippen LogP contribution in [0.5, 0.6) is 0 Å². The standard InChI is InChI=1S/C48H57F3N12O4/c1-52-35-24-42(56-63-40(25-53-44(35)63)46(66)54-34-23-33(34)49)61-21-14-32-30(4-3-5-36(32)61)26-58-16-15-41(48(50,51)27-58)60-19-12-29(13-20-60)28-10-17-59(18-11-28)31-6-7-37-39(22-31)57(2)47(67)62(37)38-8-9-43(64)55-45(38)65/h3-7,22,24-25,28-29,33-34,38,41,52H,8-21,23,26-27H2,1-2H3,(H,54,66)(H,55,64,65)/t33-,34?,38?,41?/m0/s1. The monoisotopic (exact) mass is 922 g/mol. The molecule has 0 bridgehead atoms. The average Bonchev–Trinajstić information content (AvgIpc) is 3.60. The van der Waals surface area contributed by atoms with Gasteiger partial charge in [-0.25, -0.2) is 27.5 Å². The van der Waals surface area contributed by atoms with E-state index in [1.165, 1.54) is 15.3 Å². The van der Waals surface area contributed by atoms with Crippen molar-refractivity contribution in [3.05, 3.63) is 76.0 Å². The number of rotatable bonds is 10. The van der Waals surface area contributed by atoms with Crippen LogP contribution in [0.3, 0.4) is 0 Å². The average molecular weight is 923 g/mol. The molecule has 11 rings (SSSR count). The summed E-state index contributed by atoms with van der Waals surface area (Å²) in [5.41, 5.74) is 6.64. The summed E-state index contributed by atoms with van der Waals surface area (Å²) in [4.78, 5) is 63.6. The molecule has 19 heteroatoms. The van der Waals surface area contributed by atoms with Gasteiger partial charge < -0.3 is 20.4 Å². The maximum absolute atomic E-state index is 16.2. The number of imidazole rings is 2. The fraction of sp³-hybridized carbons (Fsp3) is 0.542. The quantitative estimate of drug-likeness (QED) is 0.166. The van der Waals surface area contributed by atoms with E-state index in [2.05, 4.69) is 35.6 Å². The molecule has 5 aromatic rings. The summed E-state index contributed by atoms with van der Waals surface area (Å²) in [6.07, 6.45) is 6.21. The number of likely N-dealkylation sites (tertiary alicyclic amines) is 2. The first kappa shape index (κ1) is 43.6.